The molecule has 2 N–H and O–H groups in total. The van der Waals surface area contributed by atoms with Crippen LogP contribution in [0.1, 0.15) is 19.3 Å². The second-order valence-corrected chi connectivity index (χ2v) is 4.92. The van der Waals surface area contributed by atoms with Crippen molar-refractivity contribution < 1.29 is 4.58 Å². The van der Waals surface area contributed by atoms with E-state index >= 15 is 0 Å². The van der Waals surface area contributed by atoms with Crippen LogP contribution in [0.3, 0.4) is 0 Å². The van der Waals surface area contributed by atoms with Gasteiger partial charge in [-0.3, -0.25) is 0 Å². The van der Waals surface area contributed by atoms with Gasteiger partial charge in [-0.1, -0.05) is 0 Å². The Morgan fingerprint density at radius 3 is 2.67 bits per heavy atom. The predicted molar refractivity (Wildman–Crippen MR) is 49.2 cm³/mol. The zero-order valence-corrected chi connectivity index (χ0v) is 8.84. The SMILES string of the molecule is N#CC[Se]C(N)=[N+]1CCCCC1. The van der Waals surface area contributed by atoms with Gasteiger partial charge >= 0.3 is 79.0 Å². The average Bonchev–Trinajstić information content (AvgIpc) is 2.15. The third-order valence-electron chi connectivity index (χ3n) is 1.95. The molecule has 0 aromatic rings. The van der Waals surface area contributed by atoms with Gasteiger partial charge < -0.3 is 0 Å². The van der Waals surface area contributed by atoms with Crippen LogP contribution in [0.4, 0.5) is 0 Å². The monoisotopic (exact) mass is 232 g/mol. The Hall–Kier alpha value is -0.521. The molecule has 0 aromatic heterocycles. The topological polar surface area (TPSA) is 52.8 Å². The number of hydrogen-bond acceptors (Lipinski definition) is 1. The average molecular weight is 231 g/mol. The zero-order chi connectivity index (χ0) is 8.81. The van der Waals surface area contributed by atoms with E-state index in [0.29, 0.717) is 5.32 Å². The molecule has 4 heteroatoms. The Bertz CT molecular complexity index is 209. The van der Waals surface area contributed by atoms with Crippen molar-refractivity contribution in [2.24, 2.45) is 5.73 Å². The summed E-state index contributed by atoms with van der Waals surface area (Å²) in [5, 5.41) is 9.00. The van der Waals surface area contributed by atoms with Gasteiger partial charge in [-0.25, -0.2) is 0 Å². The summed E-state index contributed by atoms with van der Waals surface area (Å²) >= 11 is 0.200. The predicted octanol–water partition coefficient (Wildman–Crippen LogP) is 0.144. The van der Waals surface area contributed by atoms with Crippen LogP contribution in [0, 0.1) is 11.3 Å². The minimum absolute atomic E-state index is 0.200. The molecule has 0 saturated carbocycles. The van der Waals surface area contributed by atoms with Crippen LogP contribution in [0.2, 0.25) is 5.32 Å². The van der Waals surface area contributed by atoms with Crippen molar-refractivity contribution in [3.63, 3.8) is 0 Å². The summed E-state index contributed by atoms with van der Waals surface area (Å²) in [5.41, 5.74) is 5.85. The summed E-state index contributed by atoms with van der Waals surface area (Å²) in [6, 6.07) is 2.14. The molecular formula is C8H14N3Se+. The van der Waals surface area contributed by atoms with Crippen LogP contribution >= 0.6 is 0 Å². The van der Waals surface area contributed by atoms with Crippen LogP contribution in [0.5, 0.6) is 0 Å². The third kappa shape index (κ3) is 2.84. The van der Waals surface area contributed by atoms with E-state index in [0.717, 1.165) is 17.8 Å². The molecule has 0 bridgehead atoms. The zero-order valence-electron chi connectivity index (χ0n) is 7.12. The van der Waals surface area contributed by atoms with Crippen molar-refractivity contribution in [3.8, 4) is 6.07 Å². The maximum absolute atomic E-state index is 8.39. The van der Waals surface area contributed by atoms with Crippen molar-refractivity contribution >= 4 is 19.7 Å². The Balaban J connectivity index is 2.44. The number of piperidine rings is 1. The van der Waals surface area contributed by atoms with Crippen LogP contribution < -0.4 is 5.73 Å². The van der Waals surface area contributed by atoms with Gasteiger partial charge in [-0.15, -0.1) is 0 Å². The molecule has 3 nitrogen and oxygen atoms in total. The van der Waals surface area contributed by atoms with Gasteiger partial charge in [-0.2, -0.15) is 0 Å². The molecule has 1 saturated heterocycles. The summed E-state index contributed by atoms with van der Waals surface area (Å²) in [5.74, 6) is 0. The number of hydrogen-bond donors (Lipinski definition) is 1. The molecule has 1 fully saturated rings. The molecule has 1 aliphatic rings. The van der Waals surface area contributed by atoms with Crippen molar-refractivity contribution in [1.29, 1.82) is 5.26 Å². The summed E-state index contributed by atoms with van der Waals surface area (Å²) in [6.07, 6.45) is 3.84. The van der Waals surface area contributed by atoms with Crippen molar-refractivity contribution in [2.75, 3.05) is 13.1 Å². The first-order valence-electron chi connectivity index (χ1n) is 4.21. The number of nitrogens with two attached hydrogens (primary N) is 1. The first-order chi connectivity index (χ1) is 5.84. The molecular weight excluding hydrogens is 217 g/mol. The molecule has 0 atom stereocenters. The van der Waals surface area contributed by atoms with E-state index in [1.54, 1.807) is 0 Å². The summed E-state index contributed by atoms with van der Waals surface area (Å²) in [7, 11) is 0. The van der Waals surface area contributed by atoms with Crippen LogP contribution in [0.15, 0.2) is 0 Å². The fraction of sp³-hybridized carbons (Fsp3) is 0.750. The molecule has 0 unspecified atom stereocenters. The fourth-order valence-corrected chi connectivity index (χ4v) is 2.52. The first-order valence-corrected chi connectivity index (χ1v) is 6.28. The molecule has 0 aliphatic carbocycles. The van der Waals surface area contributed by atoms with Gasteiger partial charge in [0.1, 0.15) is 0 Å². The van der Waals surface area contributed by atoms with Crippen molar-refractivity contribution in [1.82, 2.24) is 0 Å². The van der Waals surface area contributed by atoms with E-state index in [-0.39, 0.29) is 15.0 Å². The summed E-state index contributed by atoms with van der Waals surface area (Å²) < 4.78 is 3.20. The van der Waals surface area contributed by atoms with E-state index in [1.807, 2.05) is 0 Å². The molecule has 1 rings (SSSR count). The standard InChI is InChI=1S/C8H13N3Se/c9-4-7-12-8(10)11-5-2-1-3-6-11/h10H,1-3,5-7H2/p+1. The molecule has 66 valence electrons. The molecule has 0 radical (unpaired) electrons. The number of amidine groups is 1. The first kappa shape index (κ1) is 9.57. The Kier molecular flexibility index (Phi) is 4.13. The molecule has 0 amide bonds. The van der Waals surface area contributed by atoms with E-state index < -0.39 is 0 Å². The number of nitriles is 1. The minimum atomic E-state index is 0.200. The third-order valence-corrected chi connectivity index (χ3v) is 3.69. The van der Waals surface area contributed by atoms with Crippen LogP contribution in [0.25, 0.3) is 0 Å². The van der Waals surface area contributed by atoms with Crippen molar-refractivity contribution in [3.05, 3.63) is 0 Å². The Morgan fingerprint density at radius 1 is 1.42 bits per heavy atom. The maximum atomic E-state index is 8.39. The van der Waals surface area contributed by atoms with Gasteiger partial charge in [0.25, 0.3) is 0 Å². The van der Waals surface area contributed by atoms with E-state index in [1.165, 1.54) is 19.3 Å². The van der Waals surface area contributed by atoms with Gasteiger partial charge in [-0.05, 0) is 0 Å². The van der Waals surface area contributed by atoms with E-state index in [2.05, 4.69) is 10.6 Å². The number of nitrogens with zero attached hydrogens (tertiary/aromatic N) is 2. The van der Waals surface area contributed by atoms with Gasteiger partial charge in [0, 0.05) is 0 Å². The molecule has 12 heavy (non-hydrogen) atoms. The van der Waals surface area contributed by atoms with Gasteiger partial charge in [0.05, 0.1) is 0 Å². The van der Waals surface area contributed by atoms with E-state index in [4.69, 9.17) is 11.0 Å². The Labute approximate surface area is 79.4 Å². The van der Waals surface area contributed by atoms with Crippen LogP contribution in [-0.2, 0) is 0 Å². The van der Waals surface area contributed by atoms with Gasteiger partial charge in [0.2, 0.25) is 0 Å². The molecule has 1 aliphatic heterocycles. The Morgan fingerprint density at radius 2 is 2.08 bits per heavy atom. The number of rotatable bonds is 2. The van der Waals surface area contributed by atoms with Crippen LogP contribution in [-0.4, -0.2) is 37.4 Å². The molecule has 1 heterocycles. The van der Waals surface area contributed by atoms with Crippen molar-refractivity contribution in [2.45, 2.75) is 24.6 Å². The van der Waals surface area contributed by atoms with Gasteiger partial charge in [0.15, 0.2) is 0 Å². The normalized spacial score (nSPS) is 17.1. The summed E-state index contributed by atoms with van der Waals surface area (Å²) in [6.45, 7) is 2.19. The fourth-order valence-electron chi connectivity index (χ4n) is 1.31. The summed E-state index contributed by atoms with van der Waals surface area (Å²) in [4.78, 5) is 0. The molecule has 0 aromatic carbocycles. The van der Waals surface area contributed by atoms with E-state index in [9.17, 15) is 0 Å². The quantitative estimate of drug-likeness (QED) is 0.417. The molecule has 0 spiro atoms. The second kappa shape index (κ2) is 5.18. The second-order valence-electron chi connectivity index (χ2n) is 2.83.